The van der Waals surface area contributed by atoms with E-state index < -0.39 is 0 Å². The summed E-state index contributed by atoms with van der Waals surface area (Å²) in [6.07, 6.45) is 2.70. The third-order valence-electron chi connectivity index (χ3n) is 2.99. The summed E-state index contributed by atoms with van der Waals surface area (Å²) >= 11 is 0. The topological polar surface area (TPSA) is 46.1 Å². The summed E-state index contributed by atoms with van der Waals surface area (Å²) in [5.74, 6) is 0.992. The van der Waals surface area contributed by atoms with Crippen molar-refractivity contribution in [1.82, 2.24) is 10.2 Å². The van der Waals surface area contributed by atoms with Gasteiger partial charge in [0.05, 0.1) is 25.9 Å². The van der Waals surface area contributed by atoms with Crippen molar-refractivity contribution in [1.29, 1.82) is 0 Å². The highest BCUT2D eigenvalue weighted by Crippen LogP contribution is 2.07. The van der Waals surface area contributed by atoms with E-state index in [1.807, 2.05) is 7.05 Å². The first-order chi connectivity index (χ1) is 7.90. The zero-order valence-corrected chi connectivity index (χ0v) is 9.95. The molecule has 2 heterocycles. The standard InChI is InChI=1S/C11H21N3O2/c1-12-11(14-4-2-3-5-14)13-8-10-9-15-6-7-16-10/h10H,2-9H2,1H3,(H,12,13). The average molecular weight is 227 g/mol. The van der Waals surface area contributed by atoms with Crippen LogP contribution >= 0.6 is 0 Å². The SMILES string of the molecule is CN=C(NCC1COCCO1)N1CCCC1. The van der Waals surface area contributed by atoms with Crippen molar-refractivity contribution in [2.24, 2.45) is 4.99 Å². The van der Waals surface area contributed by atoms with E-state index in [4.69, 9.17) is 9.47 Å². The number of hydrogen-bond acceptors (Lipinski definition) is 3. The molecule has 1 N–H and O–H groups in total. The molecule has 0 bridgehead atoms. The van der Waals surface area contributed by atoms with Gasteiger partial charge in [-0.1, -0.05) is 0 Å². The molecule has 0 saturated carbocycles. The fourth-order valence-corrected chi connectivity index (χ4v) is 2.12. The molecule has 5 nitrogen and oxygen atoms in total. The van der Waals surface area contributed by atoms with Crippen LogP contribution in [0.4, 0.5) is 0 Å². The predicted octanol–water partition coefficient (Wildman–Crippen LogP) is 0.0730. The van der Waals surface area contributed by atoms with E-state index >= 15 is 0 Å². The molecule has 0 amide bonds. The Bertz CT molecular complexity index is 233. The third-order valence-corrected chi connectivity index (χ3v) is 2.99. The molecule has 0 radical (unpaired) electrons. The Balaban J connectivity index is 1.73. The summed E-state index contributed by atoms with van der Waals surface area (Å²) in [6, 6.07) is 0. The van der Waals surface area contributed by atoms with Crippen LogP contribution in [0.25, 0.3) is 0 Å². The number of likely N-dealkylation sites (tertiary alicyclic amines) is 1. The maximum Gasteiger partial charge on any atom is 0.193 e. The molecular formula is C11H21N3O2. The van der Waals surface area contributed by atoms with Gasteiger partial charge in [-0.3, -0.25) is 4.99 Å². The van der Waals surface area contributed by atoms with Crippen molar-refractivity contribution in [3.05, 3.63) is 0 Å². The van der Waals surface area contributed by atoms with Crippen molar-refractivity contribution < 1.29 is 9.47 Å². The largest absolute Gasteiger partial charge is 0.376 e. The number of guanidine groups is 1. The van der Waals surface area contributed by atoms with Gasteiger partial charge in [0.2, 0.25) is 0 Å². The number of nitrogens with zero attached hydrogens (tertiary/aromatic N) is 2. The van der Waals surface area contributed by atoms with E-state index in [0.29, 0.717) is 13.2 Å². The van der Waals surface area contributed by atoms with Crippen molar-refractivity contribution in [3.8, 4) is 0 Å². The molecule has 0 aromatic carbocycles. The van der Waals surface area contributed by atoms with Crippen molar-refractivity contribution >= 4 is 5.96 Å². The van der Waals surface area contributed by atoms with E-state index in [1.165, 1.54) is 12.8 Å². The third kappa shape index (κ3) is 3.09. The van der Waals surface area contributed by atoms with Gasteiger partial charge < -0.3 is 19.7 Å². The monoisotopic (exact) mass is 227 g/mol. The van der Waals surface area contributed by atoms with Crippen LogP contribution in [0.3, 0.4) is 0 Å². The molecule has 5 heteroatoms. The zero-order chi connectivity index (χ0) is 11.2. The van der Waals surface area contributed by atoms with E-state index in [0.717, 1.165) is 32.2 Å². The minimum Gasteiger partial charge on any atom is -0.376 e. The average Bonchev–Trinajstić information content (AvgIpc) is 2.85. The molecule has 1 atom stereocenters. The Morgan fingerprint density at radius 3 is 2.81 bits per heavy atom. The summed E-state index contributed by atoms with van der Waals surface area (Å²) in [4.78, 5) is 6.58. The Morgan fingerprint density at radius 1 is 1.38 bits per heavy atom. The number of aliphatic imine (C=N–C) groups is 1. The van der Waals surface area contributed by atoms with Gasteiger partial charge in [-0.05, 0) is 12.8 Å². The second kappa shape index (κ2) is 6.06. The molecule has 2 fully saturated rings. The molecule has 0 aromatic heterocycles. The van der Waals surface area contributed by atoms with Gasteiger partial charge >= 0.3 is 0 Å². The Morgan fingerprint density at radius 2 is 2.19 bits per heavy atom. The Kier molecular flexibility index (Phi) is 4.42. The normalized spacial score (nSPS) is 27.2. The molecular weight excluding hydrogens is 206 g/mol. The second-order valence-corrected chi connectivity index (χ2v) is 4.19. The fourth-order valence-electron chi connectivity index (χ4n) is 2.12. The van der Waals surface area contributed by atoms with E-state index in [2.05, 4.69) is 15.2 Å². The second-order valence-electron chi connectivity index (χ2n) is 4.19. The predicted molar refractivity (Wildman–Crippen MR) is 62.7 cm³/mol. The van der Waals surface area contributed by atoms with Crippen LogP contribution < -0.4 is 5.32 Å². The lowest BCUT2D eigenvalue weighted by Gasteiger charge is -2.26. The minimum absolute atomic E-state index is 0.160. The Hall–Kier alpha value is -0.810. The van der Waals surface area contributed by atoms with Crippen LogP contribution in [0.2, 0.25) is 0 Å². The quantitative estimate of drug-likeness (QED) is 0.536. The molecule has 0 spiro atoms. The fraction of sp³-hybridized carbons (Fsp3) is 0.909. The van der Waals surface area contributed by atoms with Gasteiger partial charge in [-0.15, -0.1) is 0 Å². The zero-order valence-electron chi connectivity index (χ0n) is 9.95. The van der Waals surface area contributed by atoms with Crippen LogP contribution in [-0.2, 0) is 9.47 Å². The smallest absolute Gasteiger partial charge is 0.193 e. The number of nitrogens with one attached hydrogen (secondary N) is 1. The molecule has 1 unspecified atom stereocenters. The number of ether oxygens (including phenoxy) is 2. The van der Waals surface area contributed by atoms with Crippen LogP contribution in [0, 0.1) is 0 Å². The first-order valence-electron chi connectivity index (χ1n) is 6.05. The summed E-state index contributed by atoms with van der Waals surface area (Å²) in [5.41, 5.74) is 0. The van der Waals surface area contributed by atoms with Crippen molar-refractivity contribution in [2.75, 3.05) is 46.5 Å². The number of rotatable bonds is 2. The minimum atomic E-state index is 0.160. The Labute approximate surface area is 96.8 Å². The van der Waals surface area contributed by atoms with Crippen molar-refractivity contribution in [2.45, 2.75) is 18.9 Å². The van der Waals surface area contributed by atoms with E-state index in [1.54, 1.807) is 0 Å². The van der Waals surface area contributed by atoms with Gasteiger partial charge in [-0.25, -0.2) is 0 Å². The number of hydrogen-bond donors (Lipinski definition) is 1. The highest BCUT2D eigenvalue weighted by atomic mass is 16.6. The summed E-state index contributed by atoms with van der Waals surface area (Å²) in [6.45, 7) is 5.11. The molecule has 2 aliphatic rings. The molecule has 2 rings (SSSR count). The molecule has 0 aliphatic carbocycles. The van der Waals surface area contributed by atoms with Crippen LogP contribution in [-0.4, -0.2) is 63.5 Å². The lowest BCUT2D eigenvalue weighted by molar-refractivity contribution is -0.0851. The van der Waals surface area contributed by atoms with Gasteiger partial charge in [0.15, 0.2) is 5.96 Å². The molecule has 16 heavy (non-hydrogen) atoms. The lowest BCUT2D eigenvalue weighted by Crippen LogP contribution is -2.45. The maximum atomic E-state index is 5.57. The summed E-state index contributed by atoms with van der Waals surface area (Å²) in [7, 11) is 1.83. The first kappa shape index (κ1) is 11.7. The summed E-state index contributed by atoms with van der Waals surface area (Å²) in [5, 5.41) is 3.35. The van der Waals surface area contributed by atoms with Gasteiger partial charge in [0.25, 0.3) is 0 Å². The van der Waals surface area contributed by atoms with Gasteiger partial charge in [-0.2, -0.15) is 0 Å². The van der Waals surface area contributed by atoms with E-state index in [-0.39, 0.29) is 6.10 Å². The highest BCUT2D eigenvalue weighted by Gasteiger charge is 2.18. The molecule has 2 aliphatic heterocycles. The van der Waals surface area contributed by atoms with E-state index in [9.17, 15) is 0 Å². The first-order valence-corrected chi connectivity index (χ1v) is 6.05. The molecule has 0 aromatic rings. The van der Waals surface area contributed by atoms with Crippen molar-refractivity contribution in [3.63, 3.8) is 0 Å². The summed E-state index contributed by atoms with van der Waals surface area (Å²) < 4.78 is 10.9. The lowest BCUT2D eigenvalue weighted by atomic mass is 10.3. The van der Waals surface area contributed by atoms with Gasteiger partial charge in [0.1, 0.15) is 0 Å². The van der Waals surface area contributed by atoms with Crippen LogP contribution in [0.5, 0.6) is 0 Å². The highest BCUT2D eigenvalue weighted by molar-refractivity contribution is 5.80. The van der Waals surface area contributed by atoms with Gasteiger partial charge in [0, 0.05) is 26.7 Å². The molecule has 2 saturated heterocycles. The molecule has 92 valence electrons. The maximum absolute atomic E-state index is 5.57. The van der Waals surface area contributed by atoms with Crippen LogP contribution in [0.15, 0.2) is 4.99 Å². The van der Waals surface area contributed by atoms with Crippen LogP contribution in [0.1, 0.15) is 12.8 Å².